The van der Waals surface area contributed by atoms with E-state index in [0.29, 0.717) is 0 Å². The van der Waals surface area contributed by atoms with Crippen molar-refractivity contribution in [1.82, 2.24) is 0 Å². The zero-order chi connectivity index (χ0) is 14.3. The Kier molecular flexibility index (Phi) is 3.95. The number of alkyl halides is 3. The van der Waals surface area contributed by atoms with Gasteiger partial charge in [0.15, 0.2) is 9.84 Å². The van der Waals surface area contributed by atoms with Gasteiger partial charge >= 0.3 is 5.97 Å². The predicted molar refractivity (Wildman–Crippen MR) is 65.7 cm³/mol. The number of aromatic carboxylic acids is 1. The molecule has 0 bridgehead atoms. The standard InChI is InChI=1S/C10H9Cl2FO4S/c1-5-6(9(14)15)3-4-7(10(11,12)13)8(5)18(2,16)17/h3-4H,1-2H3,(H,14,15). The van der Waals surface area contributed by atoms with Crippen molar-refractivity contribution in [1.29, 1.82) is 0 Å². The number of sulfone groups is 1. The maximum absolute atomic E-state index is 13.5. The third kappa shape index (κ3) is 2.93. The Labute approximate surface area is 113 Å². The van der Waals surface area contributed by atoms with Crippen LogP contribution in [0.1, 0.15) is 21.5 Å². The summed E-state index contributed by atoms with van der Waals surface area (Å²) < 4.78 is 33.9. The van der Waals surface area contributed by atoms with E-state index in [1.54, 1.807) is 0 Å². The first-order valence-corrected chi connectivity index (χ1v) is 7.25. The molecule has 0 aliphatic carbocycles. The monoisotopic (exact) mass is 314 g/mol. The molecule has 18 heavy (non-hydrogen) atoms. The highest BCUT2D eigenvalue weighted by Gasteiger charge is 2.34. The lowest BCUT2D eigenvalue weighted by atomic mass is 10.1. The number of hydrogen-bond donors (Lipinski definition) is 1. The fraction of sp³-hybridized carbons (Fsp3) is 0.300. The molecule has 0 fully saturated rings. The minimum Gasteiger partial charge on any atom is -0.478 e. The predicted octanol–water partition coefficient (Wildman–Crippen LogP) is 2.65. The molecule has 1 aromatic carbocycles. The van der Waals surface area contributed by atoms with E-state index >= 15 is 0 Å². The van der Waals surface area contributed by atoms with Crippen LogP contribution >= 0.6 is 23.2 Å². The van der Waals surface area contributed by atoms with Gasteiger partial charge in [-0.15, -0.1) is 0 Å². The van der Waals surface area contributed by atoms with Crippen LogP contribution in [-0.4, -0.2) is 25.7 Å². The van der Waals surface area contributed by atoms with Crippen molar-refractivity contribution < 1.29 is 22.7 Å². The topological polar surface area (TPSA) is 71.4 Å². The molecule has 0 aromatic heterocycles. The van der Waals surface area contributed by atoms with Crippen LogP contribution in [0.4, 0.5) is 4.39 Å². The fourth-order valence-corrected chi connectivity index (χ4v) is 3.33. The van der Waals surface area contributed by atoms with Crippen molar-refractivity contribution in [3.05, 3.63) is 28.8 Å². The second-order valence-corrected chi connectivity index (χ2v) is 6.88. The highest BCUT2D eigenvalue weighted by atomic mass is 35.5. The highest BCUT2D eigenvalue weighted by Crippen LogP contribution is 2.40. The average Bonchev–Trinajstić information content (AvgIpc) is 2.12. The number of carboxylic acids is 1. The van der Waals surface area contributed by atoms with Crippen molar-refractivity contribution in [3.63, 3.8) is 0 Å². The number of benzene rings is 1. The third-order valence-electron chi connectivity index (χ3n) is 2.31. The summed E-state index contributed by atoms with van der Waals surface area (Å²) in [7, 11) is -3.88. The number of hydrogen-bond acceptors (Lipinski definition) is 3. The van der Waals surface area contributed by atoms with Crippen molar-refractivity contribution >= 4 is 39.0 Å². The molecular weight excluding hydrogens is 306 g/mol. The van der Waals surface area contributed by atoms with Gasteiger partial charge in [-0.1, -0.05) is 29.3 Å². The first kappa shape index (κ1) is 15.2. The molecule has 0 saturated heterocycles. The molecule has 1 rings (SSSR count). The van der Waals surface area contributed by atoms with E-state index in [2.05, 4.69) is 0 Å². The highest BCUT2D eigenvalue weighted by molar-refractivity contribution is 7.90. The van der Waals surface area contributed by atoms with Crippen LogP contribution in [0, 0.1) is 6.92 Å². The Morgan fingerprint density at radius 2 is 1.89 bits per heavy atom. The second kappa shape index (κ2) is 4.68. The first-order valence-electron chi connectivity index (χ1n) is 4.60. The van der Waals surface area contributed by atoms with Gasteiger partial charge in [0.05, 0.1) is 10.5 Å². The Hall–Kier alpha value is -0.850. The zero-order valence-electron chi connectivity index (χ0n) is 9.37. The molecule has 100 valence electrons. The molecule has 0 saturated carbocycles. The van der Waals surface area contributed by atoms with Gasteiger partial charge in [-0.25, -0.2) is 17.6 Å². The summed E-state index contributed by atoms with van der Waals surface area (Å²) in [5, 5.41) is 8.89. The summed E-state index contributed by atoms with van der Waals surface area (Å²) in [6.07, 6.45) is 0.823. The van der Waals surface area contributed by atoms with Gasteiger partial charge in [0.1, 0.15) is 0 Å². The summed E-state index contributed by atoms with van der Waals surface area (Å²) in [5.41, 5.74) is -0.849. The van der Waals surface area contributed by atoms with Gasteiger partial charge in [-0.2, -0.15) is 0 Å². The van der Waals surface area contributed by atoms with Gasteiger partial charge in [0.25, 0.3) is 4.59 Å². The van der Waals surface area contributed by atoms with Crippen molar-refractivity contribution in [2.45, 2.75) is 16.4 Å². The van der Waals surface area contributed by atoms with E-state index in [-0.39, 0.29) is 11.1 Å². The van der Waals surface area contributed by atoms with Crippen LogP contribution in [0.25, 0.3) is 0 Å². The van der Waals surface area contributed by atoms with Gasteiger partial charge in [0.2, 0.25) is 0 Å². The number of rotatable bonds is 3. The van der Waals surface area contributed by atoms with Gasteiger partial charge in [0, 0.05) is 11.8 Å². The lowest BCUT2D eigenvalue weighted by molar-refractivity contribution is 0.0695. The van der Waals surface area contributed by atoms with Crippen LogP contribution in [-0.2, 0) is 14.4 Å². The Balaban J connectivity index is 3.80. The van der Waals surface area contributed by atoms with Gasteiger partial charge in [-0.3, -0.25) is 0 Å². The number of halogens is 3. The fourth-order valence-electron chi connectivity index (χ4n) is 1.62. The average molecular weight is 315 g/mol. The lowest BCUT2D eigenvalue weighted by Gasteiger charge is -2.17. The summed E-state index contributed by atoms with van der Waals surface area (Å²) in [6, 6.07) is 2.01. The molecule has 0 aliphatic rings. The van der Waals surface area contributed by atoms with E-state index in [0.717, 1.165) is 18.4 Å². The Morgan fingerprint density at radius 1 is 1.39 bits per heavy atom. The minimum absolute atomic E-state index is 0.106. The van der Waals surface area contributed by atoms with Crippen molar-refractivity contribution in [2.24, 2.45) is 0 Å². The molecule has 0 heterocycles. The molecule has 0 amide bonds. The minimum atomic E-state index is -3.88. The normalized spacial score (nSPS) is 12.5. The molecule has 0 aliphatic heterocycles. The van der Waals surface area contributed by atoms with Gasteiger partial charge in [-0.05, 0) is 18.6 Å². The number of carbonyl (C=O) groups is 1. The molecule has 0 spiro atoms. The summed E-state index contributed by atoms with van der Waals surface area (Å²) >= 11 is 10.5. The Bertz CT molecular complexity index is 605. The number of carboxylic acid groups (broad SMARTS) is 1. The third-order valence-corrected chi connectivity index (χ3v) is 3.99. The molecule has 0 unspecified atom stereocenters. The van der Waals surface area contributed by atoms with Crippen molar-refractivity contribution in [3.8, 4) is 0 Å². The first-order chi connectivity index (χ1) is 7.96. The maximum atomic E-state index is 13.5. The van der Waals surface area contributed by atoms with Crippen LogP contribution in [0.2, 0.25) is 0 Å². The quantitative estimate of drug-likeness (QED) is 0.871. The van der Waals surface area contributed by atoms with E-state index in [4.69, 9.17) is 28.3 Å². The molecule has 4 nitrogen and oxygen atoms in total. The summed E-state index contributed by atoms with van der Waals surface area (Å²) in [5.74, 6) is -1.32. The SMILES string of the molecule is Cc1c(C(=O)O)ccc(C(F)(Cl)Cl)c1S(C)(=O)=O. The zero-order valence-corrected chi connectivity index (χ0v) is 11.7. The van der Waals surface area contributed by atoms with Crippen LogP contribution < -0.4 is 0 Å². The smallest absolute Gasteiger partial charge is 0.335 e. The molecule has 0 atom stereocenters. The Morgan fingerprint density at radius 3 is 2.22 bits per heavy atom. The summed E-state index contributed by atoms with van der Waals surface area (Å²) in [4.78, 5) is 10.4. The summed E-state index contributed by atoms with van der Waals surface area (Å²) in [6.45, 7) is 1.25. The van der Waals surface area contributed by atoms with E-state index in [1.807, 2.05) is 0 Å². The van der Waals surface area contributed by atoms with E-state index < -0.39 is 30.9 Å². The van der Waals surface area contributed by atoms with Crippen molar-refractivity contribution in [2.75, 3.05) is 6.26 Å². The van der Waals surface area contributed by atoms with Crippen LogP contribution in [0.15, 0.2) is 17.0 Å². The molecule has 1 aromatic rings. The van der Waals surface area contributed by atoms with E-state index in [1.165, 1.54) is 6.92 Å². The van der Waals surface area contributed by atoms with Crippen LogP contribution in [0.3, 0.4) is 0 Å². The molecule has 8 heteroatoms. The maximum Gasteiger partial charge on any atom is 0.335 e. The van der Waals surface area contributed by atoms with E-state index in [9.17, 15) is 17.6 Å². The second-order valence-electron chi connectivity index (χ2n) is 3.69. The lowest BCUT2D eigenvalue weighted by Crippen LogP contribution is -2.15. The molecule has 0 radical (unpaired) electrons. The molecule has 1 N–H and O–H groups in total. The van der Waals surface area contributed by atoms with Gasteiger partial charge < -0.3 is 5.11 Å². The molecular formula is C10H9Cl2FO4S. The van der Waals surface area contributed by atoms with Crippen LogP contribution in [0.5, 0.6) is 0 Å². The largest absolute Gasteiger partial charge is 0.478 e.